The van der Waals surface area contributed by atoms with Gasteiger partial charge in [-0.15, -0.1) is 0 Å². The summed E-state index contributed by atoms with van der Waals surface area (Å²) in [5, 5.41) is 0.805. The zero-order valence-corrected chi connectivity index (χ0v) is 9.71. The highest BCUT2D eigenvalue weighted by molar-refractivity contribution is 6.05. The molecule has 0 saturated heterocycles. The summed E-state index contributed by atoms with van der Waals surface area (Å²) in [4.78, 5) is 16.1. The molecule has 0 spiro atoms. The van der Waals surface area contributed by atoms with Crippen molar-refractivity contribution < 1.29 is 4.79 Å². The van der Waals surface area contributed by atoms with Crippen LogP contribution in [0.15, 0.2) is 54.6 Å². The molecule has 1 aliphatic rings. The number of aromatic nitrogens is 1. The zero-order chi connectivity index (χ0) is 12.5. The van der Waals surface area contributed by atoms with Crippen molar-refractivity contribution in [2.75, 3.05) is 0 Å². The number of carbonyl (C=O) groups excluding carboxylic acids is 1. The van der Waals surface area contributed by atoms with Gasteiger partial charge in [-0.1, -0.05) is 42.5 Å². The van der Waals surface area contributed by atoms with Crippen molar-refractivity contribution >= 4 is 16.8 Å². The fourth-order valence-corrected chi connectivity index (χ4v) is 2.20. The highest BCUT2D eigenvalue weighted by Gasteiger charge is 2.14. The molecule has 1 aromatic carbocycles. The van der Waals surface area contributed by atoms with Gasteiger partial charge in [0.2, 0.25) is 5.91 Å². The van der Waals surface area contributed by atoms with E-state index in [1.807, 2.05) is 48.6 Å². The van der Waals surface area contributed by atoms with Crippen molar-refractivity contribution in [1.29, 1.82) is 0 Å². The van der Waals surface area contributed by atoms with Crippen LogP contribution in [-0.2, 0) is 0 Å². The van der Waals surface area contributed by atoms with Crippen LogP contribution in [0.4, 0.5) is 0 Å². The van der Waals surface area contributed by atoms with E-state index in [2.05, 4.69) is 4.98 Å². The number of carbonyl (C=O) groups is 1. The Morgan fingerprint density at radius 1 is 1.17 bits per heavy atom. The number of fused-ring (bicyclic) bond motifs is 1. The van der Waals surface area contributed by atoms with Crippen LogP contribution in [0.1, 0.15) is 22.0 Å². The molecule has 3 rings (SSSR count). The molecule has 1 aromatic heterocycles. The van der Waals surface area contributed by atoms with Crippen molar-refractivity contribution in [2.45, 2.75) is 5.92 Å². The molecule has 0 radical (unpaired) electrons. The lowest BCUT2D eigenvalue weighted by molar-refractivity contribution is 0.100. The van der Waals surface area contributed by atoms with Crippen LogP contribution in [0.3, 0.4) is 0 Å². The molecule has 1 aliphatic carbocycles. The van der Waals surface area contributed by atoms with Gasteiger partial charge >= 0.3 is 0 Å². The summed E-state index contributed by atoms with van der Waals surface area (Å²) in [6.45, 7) is 0. The van der Waals surface area contributed by atoms with E-state index >= 15 is 0 Å². The Morgan fingerprint density at radius 2 is 1.89 bits per heavy atom. The molecule has 0 aliphatic heterocycles. The lowest BCUT2D eigenvalue weighted by atomic mass is 10.0. The average molecular weight is 236 g/mol. The molecule has 2 aromatic rings. The number of rotatable bonds is 2. The fourth-order valence-electron chi connectivity index (χ4n) is 2.20. The number of pyridine rings is 1. The zero-order valence-electron chi connectivity index (χ0n) is 9.71. The van der Waals surface area contributed by atoms with Crippen LogP contribution in [0.5, 0.6) is 0 Å². The van der Waals surface area contributed by atoms with Gasteiger partial charge in [0.15, 0.2) is 0 Å². The van der Waals surface area contributed by atoms with E-state index in [-0.39, 0.29) is 5.92 Å². The monoisotopic (exact) mass is 236 g/mol. The van der Waals surface area contributed by atoms with E-state index < -0.39 is 5.91 Å². The van der Waals surface area contributed by atoms with Crippen molar-refractivity contribution in [3.8, 4) is 0 Å². The molecular formula is C15H12N2O. The summed E-state index contributed by atoms with van der Waals surface area (Å²) >= 11 is 0. The highest BCUT2D eigenvalue weighted by atomic mass is 16.1. The number of para-hydroxylation sites is 1. The third-order valence-corrected chi connectivity index (χ3v) is 3.09. The highest BCUT2D eigenvalue weighted by Crippen LogP contribution is 2.26. The Kier molecular flexibility index (Phi) is 2.45. The Balaban J connectivity index is 2.26. The quantitative estimate of drug-likeness (QED) is 0.871. The molecule has 2 N–H and O–H groups in total. The van der Waals surface area contributed by atoms with Crippen molar-refractivity contribution in [3.05, 3.63) is 65.9 Å². The summed E-state index contributed by atoms with van der Waals surface area (Å²) < 4.78 is 0. The lowest BCUT2D eigenvalue weighted by Crippen LogP contribution is -2.13. The van der Waals surface area contributed by atoms with Crippen LogP contribution in [0, 0.1) is 0 Å². The Bertz CT molecular complexity index is 674. The van der Waals surface area contributed by atoms with Crippen LogP contribution in [-0.4, -0.2) is 10.9 Å². The first-order valence-corrected chi connectivity index (χ1v) is 5.80. The number of amides is 1. The summed E-state index contributed by atoms with van der Waals surface area (Å²) in [6.07, 6.45) is 8.04. The Morgan fingerprint density at radius 3 is 2.61 bits per heavy atom. The van der Waals surface area contributed by atoms with Crippen molar-refractivity contribution in [2.24, 2.45) is 5.73 Å². The maximum absolute atomic E-state index is 11.5. The Hall–Kier alpha value is -2.42. The first-order valence-electron chi connectivity index (χ1n) is 5.80. The van der Waals surface area contributed by atoms with Crippen molar-refractivity contribution in [1.82, 2.24) is 4.98 Å². The van der Waals surface area contributed by atoms with E-state index in [0.29, 0.717) is 5.56 Å². The first-order chi connectivity index (χ1) is 8.75. The van der Waals surface area contributed by atoms with Crippen molar-refractivity contribution in [3.63, 3.8) is 0 Å². The standard InChI is InChI=1S/C15H12N2O/c16-15(18)12-9-14(10-5-1-2-6-10)17-13-8-4-3-7-11(12)13/h1-10H,(H2,16,18). The van der Waals surface area contributed by atoms with Gasteiger partial charge in [0.05, 0.1) is 16.8 Å². The van der Waals surface area contributed by atoms with Crippen LogP contribution < -0.4 is 5.73 Å². The second-order valence-corrected chi connectivity index (χ2v) is 4.27. The molecule has 0 fully saturated rings. The minimum Gasteiger partial charge on any atom is -0.366 e. The normalized spacial score (nSPS) is 14.4. The van der Waals surface area contributed by atoms with Gasteiger partial charge in [-0.2, -0.15) is 0 Å². The number of hydrogen-bond acceptors (Lipinski definition) is 2. The number of primary amides is 1. The van der Waals surface area contributed by atoms with Gasteiger partial charge in [0.1, 0.15) is 0 Å². The van der Waals surface area contributed by atoms with Crippen LogP contribution in [0.25, 0.3) is 10.9 Å². The minimum atomic E-state index is -0.416. The van der Waals surface area contributed by atoms with E-state index in [0.717, 1.165) is 16.6 Å². The number of hydrogen-bond donors (Lipinski definition) is 1. The number of nitrogens with zero attached hydrogens (tertiary/aromatic N) is 1. The second kappa shape index (κ2) is 4.11. The van der Waals surface area contributed by atoms with E-state index in [9.17, 15) is 4.79 Å². The maximum atomic E-state index is 11.5. The molecule has 0 saturated carbocycles. The number of allylic oxidation sites excluding steroid dienone is 4. The maximum Gasteiger partial charge on any atom is 0.249 e. The van der Waals surface area contributed by atoms with Crippen LogP contribution >= 0.6 is 0 Å². The SMILES string of the molecule is NC(=O)c1cc(C2C=CC=C2)nc2ccccc12. The number of nitrogens with two attached hydrogens (primary N) is 1. The molecule has 18 heavy (non-hydrogen) atoms. The van der Waals surface area contributed by atoms with Gasteiger partial charge in [-0.3, -0.25) is 9.78 Å². The molecule has 3 heteroatoms. The lowest BCUT2D eigenvalue weighted by Gasteiger charge is -2.09. The number of benzene rings is 1. The fraction of sp³-hybridized carbons (Fsp3) is 0.0667. The molecular weight excluding hydrogens is 224 g/mol. The minimum absolute atomic E-state index is 0.132. The van der Waals surface area contributed by atoms with Gasteiger partial charge in [-0.25, -0.2) is 0 Å². The predicted octanol–water partition coefficient (Wildman–Crippen LogP) is 2.54. The van der Waals surface area contributed by atoms with Gasteiger partial charge < -0.3 is 5.73 Å². The summed E-state index contributed by atoms with van der Waals surface area (Å²) in [7, 11) is 0. The summed E-state index contributed by atoms with van der Waals surface area (Å²) in [6, 6.07) is 9.34. The predicted molar refractivity (Wildman–Crippen MR) is 71.3 cm³/mol. The molecule has 88 valence electrons. The molecule has 0 unspecified atom stereocenters. The first kappa shape index (κ1) is 10.7. The molecule has 1 heterocycles. The van der Waals surface area contributed by atoms with E-state index in [4.69, 9.17) is 5.73 Å². The molecule has 1 amide bonds. The smallest absolute Gasteiger partial charge is 0.249 e. The van der Waals surface area contributed by atoms with E-state index in [1.54, 1.807) is 6.07 Å². The topological polar surface area (TPSA) is 56.0 Å². The molecule has 0 bridgehead atoms. The van der Waals surface area contributed by atoms with Crippen LogP contribution in [0.2, 0.25) is 0 Å². The Labute approximate surface area is 105 Å². The molecule has 0 atom stereocenters. The largest absolute Gasteiger partial charge is 0.366 e. The van der Waals surface area contributed by atoms with Gasteiger partial charge in [-0.05, 0) is 12.1 Å². The third-order valence-electron chi connectivity index (χ3n) is 3.09. The van der Waals surface area contributed by atoms with Gasteiger partial charge in [0.25, 0.3) is 0 Å². The summed E-state index contributed by atoms with van der Waals surface area (Å²) in [5.41, 5.74) is 7.63. The van der Waals surface area contributed by atoms with E-state index in [1.165, 1.54) is 0 Å². The average Bonchev–Trinajstić information content (AvgIpc) is 2.91. The third kappa shape index (κ3) is 1.70. The second-order valence-electron chi connectivity index (χ2n) is 4.27. The molecule has 3 nitrogen and oxygen atoms in total. The summed E-state index contributed by atoms with van der Waals surface area (Å²) in [5.74, 6) is -0.284. The van der Waals surface area contributed by atoms with Gasteiger partial charge in [0, 0.05) is 11.3 Å².